The summed E-state index contributed by atoms with van der Waals surface area (Å²) in [5, 5.41) is 10.0. The van der Waals surface area contributed by atoms with Crippen molar-refractivity contribution in [1.29, 1.82) is 0 Å². The minimum atomic E-state index is -0.642. The largest absolute Gasteiger partial charge is 0.465 e. The second-order valence-corrected chi connectivity index (χ2v) is 5.82. The van der Waals surface area contributed by atoms with Gasteiger partial charge >= 0.3 is 5.97 Å². The van der Waals surface area contributed by atoms with Crippen LogP contribution < -0.4 is 10.6 Å². The highest BCUT2D eigenvalue weighted by Crippen LogP contribution is 2.19. The molecule has 2 aromatic rings. The van der Waals surface area contributed by atoms with Gasteiger partial charge in [0.1, 0.15) is 5.82 Å². The van der Waals surface area contributed by atoms with E-state index >= 15 is 0 Å². The molecule has 8 heteroatoms. The highest BCUT2D eigenvalue weighted by molar-refractivity contribution is 6.03. The van der Waals surface area contributed by atoms with Crippen LogP contribution in [0.15, 0.2) is 30.5 Å². The first-order valence-electron chi connectivity index (χ1n) is 8.03. The second-order valence-electron chi connectivity index (χ2n) is 5.82. The topological polar surface area (TPSA) is 85.2 Å². The second kappa shape index (κ2) is 7.43. The van der Waals surface area contributed by atoms with Gasteiger partial charge in [0.25, 0.3) is 5.91 Å². The molecule has 25 heavy (non-hydrogen) atoms. The third kappa shape index (κ3) is 3.85. The van der Waals surface area contributed by atoms with Crippen LogP contribution in [0.5, 0.6) is 0 Å². The number of methoxy groups -OCH3 is 1. The summed E-state index contributed by atoms with van der Waals surface area (Å²) in [4.78, 5) is 23.9. The van der Waals surface area contributed by atoms with Gasteiger partial charge in [-0.05, 0) is 43.7 Å². The molecule has 0 aliphatic carbocycles. The lowest BCUT2D eigenvalue weighted by atomic mass is 10.1. The van der Waals surface area contributed by atoms with Crippen LogP contribution in [-0.4, -0.2) is 41.9 Å². The maximum absolute atomic E-state index is 13.9. The Hall–Kier alpha value is -2.74. The first-order valence-corrected chi connectivity index (χ1v) is 8.03. The molecule has 2 heterocycles. The van der Waals surface area contributed by atoms with Gasteiger partial charge in [0.05, 0.1) is 24.4 Å². The molecule has 0 spiro atoms. The number of ether oxygens (including phenoxy) is 1. The molecule has 0 radical (unpaired) electrons. The molecule has 1 amide bonds. The van der Waals surface area contributed by atoms with E-state index in [1.807, 2.05) is 0 Å². The average Bonchev–Trinajstić information content (AvgIpc) is 3.14. The standard InChI is InChI=1S/C17H19FN4O3/c1-25-17(24)11-4-5-13(18)15(9-11)20-16(23)14-6-8-22(21-14)12-3-2-7-19-10-12/h4-6,8-9,12,19H,2-3,7,10H2,1H3,(H,20,23). The molecule has 3 rings (SSSR count). The molecule has 1 aromatic heterocycles. The summed E-state index contributed by atoms with van der Waals surface area (Å²) >= 11 is 0. The number of anilines is 1. The monoisotopic (exact) mass is 346 g/mol. The Balaban J connectivity index is 1.74. The molecular formula is C17H19FN4O3. The third-order valence-electron chi connectivity index (χ3n) is 4.12. The number of piperidine rings is 1. The fourth-order valence-electron chi connectivity index (χ4n) is 2.77. The van der Waals surface area contributed by atoms with Gasteiger partial charge in [-0.3, -0.25) is 9.48 Å². The Labute approximate surface area is 144 Å². The van der Waals surface area contributed by atoms with E-state index in [9.17, 15) is 14.0 Å². The highest BCUT2D eigenvalue weighted by atomic mass is 19.1. The maximum atomic E-state index is 13.9. The molecule has 2 N–H and O–H groups in total. The molecule has 132 valence electrons. The number of amides is 1. The van der Waals surface area contributed by atoms with Crippen LogP contribution in [0.4, 0.5) is 10.1 Å². The number of aromatic nitrogens is 2. The van der Waals surface area contributed by atoms with Crippen LogP contribution in [-0.2, 0) is 4.74 Å². The first kappa shape index (κ1) is 17.1. The zero-order valence-electron chi connectivity index (χ0n) is 13.8. The summed E-state index contributed by atoms with van der Waals surface area (Å²) in [5.41, 5.74) is 0.244. The lowest BCUT2D eigenvalue weighted by Crippen LogP contribution is -2.32. The Morgan fingerprint density at radius 1 is 1.40 bits per heavy atom. The zero-order chi connectivity index (χ0) is 17.8. The zero-order valence-corrected chi connectivity index (χ0v) is 13.8. The van der Waals surface area contributed by atoms with E-state index in [1.165, 1.54) is 19.2 Å². The van der Waals surface area contributed by atoms with Gasteiger partial charge in [-0.1, -0.05) is 0 Å². The number of hydrogen-bond acceptors (Lipinski definition) is 5. The smallest absolute Gasteiger partial charge is 0.337 e. The van der Waals surface area contributed by atoms with Gasteiger partial charge < -0.3 is 15.4 Å². The Morgan fingerprint density at radius 3 is 2.96 bits per heavy atom. The van der Waals surface area contributed by atoms with E-state index in [0.717, 1.165) is 32.0 Å². The molecule has 1 aromatic carbocycles. The quantitative estimate of drug-likeness (QED) is 0.827. The Morgan fingerprint density at radius 2 is 2.24 bits per heavy atom. The first-order chi connectivity index (χ1) is 12.1. The fraction of sp³-hybridized carbons (Fsp3) is 0.353. The number of hydrogen-bond donors (Lipinski definition) is 2. The van der Waals surface area contributed by atoms with E-state index in [2.05, 4.69) is 20.5 Å². The van der Waals surface area contributed by atoms with E-state index in [4.69, 9.17) is 0 Å². The minimum Gasteiger partial charge on any atom is -0.465 e. The molecule has 1 aliphatic heterocycles. The lowest BCUT2D eigenvalue weighted by Gasteiger charge is -2.22. The van der Waals surface area contributed by atoms with Gasteiger partial charge in [0, 0.05) is 12.7 Å². The summed E-state index contributed by atoms with van der Waals surface area (Å²) < 4.78 is 20.3. The van der Waals surface area contributed by atoms with Crippen molar-refractivity contribution in [2.45, 2.75) is 18.9 Å². The average molecular weight is 346 g/mol. The molecular weight excluding hydrogens is 327 g/mol. The molecule has 0 saturated carbocycles. The van der Waals surface area contributed by atoms with Gasteiger partial charge in [-0.25, -0.2) is 9.18 Å². The molecule has 0 bridgehead atoms. The molecule has 1 saturated heterocycles. The molecule has 7 nitrogen and oxygen atoms in total. The van der Waals surface area contributed by atoms with Crippen LogP contribution >= 0.6 is 0 Å². The van der Waals surface area contributed by atoms with E-state index < -0.39 is 17.7 Å². The lowest BCUT2D eigenvalue weighted by molar-refractivity contribution is 0.0600. The Kier molecular flexibility index (Phi) is 5.08. The number of carbonyl (C=O) groups excluding carboxylic acids is 2. The number of halogens is 1. The van der Waals surface area contributed by atoms with Crippen molar-refractivity contribution in [3.63, 3.8) is 0 Å². The summed E-state index contributed by atoms with van der Waals surface area (Å²) in [7, 11) is 1.23. The van der Waals surface area contributed by atoms with E-state index in [0.29, 0.717) is 0 Å². The third-order valence-corrected chi connectivity index (χ3v) is 4.12. The van der Waals surface area contributed by atoms with Crippen molar-refractivity contribution < 1.29 is 18.7 Å². The fourth-order valence-corrected chi connectivity index (χ4v) is 2.77. The van der Waals surface area contributed by atoms with Gasteiger partial charge in [-0.2, -0.15) is 5.10 Å². The predicted octanol–water partition coefficient (Wildman–Crippen LogP) is 1.99. The van der Waals surface area contributed by atoms with Gasteiger partial charge in [0.15, 0.2) is 5.69 Å². The van der Waals surface area contributed by atoms with Gasteiger partial charge in [-0.15, -0.1) is 0 Å². The van der Waals surface area contributed by atoms with E-state index in [-0.39, 0.29) is 23.0 Å². The predicted molar refractivity (Wildman–Crippen MR) is 89.1 cm³/mol. The number of rotatable bonds is 4. The number of nitrogens with one attached hydrogen (secondary N) is 2. The van der Waals surface area contributed by atoms with Crippen LogP contribution in [0.1, 0.15) is 39.7 Å². The molecule has 1 fully saturated rings. The maximum Gasteiger partial charge on any atom is 0.337 e. The van der Waals surface area contributed by atoms with Crippen molar-refractivity contribution in [3.05, 3.63) is 47.5 Å². The molecule has 1 aliphatic rings. The van der Waals surface area contributed by atoms with Crippen molar-refractivity contribution in [2.24, 2.45) is 0 Å². The molecule has 1 unspecified atom stereocenters. The highest BCUT2D eigenvalue weighted by Gasteiger charge is 2.19. The van der Waals surface area contributed by atoms with Crippen LogP contribution in [0.3, 0.4) is 0 Å². The van der Waals surface area contributed by atoms with Crippen molar-refractivity contribution >= 4 is 17.6 Å². The van der Waals surface area contributed by atoms with Crippen LogP contribution in [0, 0.1) is 5.82 Å². The number of esters is 1. The summed E-state index contributed by atoms with van der Waals surface area (Å²) in [6.45, 7) is 1.79. The minimum absolute atomic E-state index is 0.0956. The van der Waals surface area contributed by atoms with Crippen molar-refractivity contribution in [1.82, 2.24) is 15.1 Å². The molecule has 1 atom stereocenters. The number of nitrogens with zero attached hydrogens (tertiary/aromatic N) is 2. The summed E-state index contributed by atoms with van der Waals surface area (Å²) in [6.07, 6.45) is 3.79. The summed E-state index contributed by atoms with van der Waals surface area (Å²) in [6, 6.07) is 5.43. The number of carbonyl (C=O) groups is 2. The normalized spacial score (nSPS) is 17.1. The van der Waals surface area contributed by atoms with Crippen LogP contribution in [0.25, 0.3) is 0 Å². The SMILES string of the molecule is COC(=O)c1ccc(F)c(NC(=O)c2ccn(C3CCCNC3)n2)c1. The van der Waals surface area contributed by atoms with Crippen molar-refractivity contribution in [2.75, 3.05) is 25.5 Å². The van der Waals surface area contributed by atoms with E-state index in [1.54, 1.807) is 16.9 Å². The number of benzene rings is 1. The Bertz CT molecular complexity index is 784. The summed E-state index contributed by atoms with van der Waals surface area (Å²) in [5.74, 6) is -1.79. The van der Waals surface area contributed by atoms with Gasteiger partial charge in [0.2, 0.25) is 0 Å². The van der Waals surface area contributed by atoms with Crippen LogP contribution in [0.2, 0.25) is 0 Å². The van der Waals surface area contributed by atoms with Crippen molar-refractivity contribution in [3.8, 4) is 0 Å².